The van der Waals surface area contributed by atoms with Gasteiger partial charge in [-0.05, 0) is 12.8 Å². The number of hydrogen-bond donors (Lipinski definition) is 0. The highest BCUT2D eigenvalue weighted by Gasteiger charge is 2.25. The van der Waals surface area contributed by atoms with Crippen LogP contribution in [0.15, 0.2) is 30.8 Å². The van der Waals surface area contributed by atoms with Crippen LogP contribution in [0.4, 0.5) is 0 Å². The second-order valence-electron chi connectivity index (χ2n) is 3.76. The topological polar surface area (TPSA) is 9.23 Å². The molecule has 1 aromatic rings. The fourth-order valence-electron chi connectivity index (χ4n) is 1.93. The summed E-state index contributed by atoms with van der Waals surface area (Å²) in [6, 6.07) is 8.34. The van der Waals surface area contributed by atoms with Crippen LogP contribution in [0.5, 0.6) is 0 Å². The van der Waals surface area contributed by atoms with Crippen molar-refractivity contribution in [2.75, 3.05) is 0 Å². The molecule has 0 spiro atoms. The van der Waals surface area contributed by atoms with Crippen molar-refractivity contribution in [3.63, 3.8) is 0 Å². The molecule has 0 N–H and O–H groups in total. The van der Waals surface area contributed by atoms with Gasteiger partial charge in [-0.3, -0.25) is 0 Å². The van der Waals surface area contributed by atoms with E-state index in [1.165, 1.54) is 24.0 Å². The summed E-state index contributed by atoms with van der Waals surface area (Å²) in [6.45, 7) is 6.14. The lowest BCUT2D eigenvalue weighted by Crippen LogP contribution is -1.94. The van der Waals surface area contributed by atoms with Crippen LogP contribution in [0.3, 0.4) is 0 Å². The van der Waals surface area contributed by atoms with Gasteiger partial charge in [0, 0.05) is 11.1 Å². The number of ether oxygens (including phenoxy) is 1. The van der Waals surface area contributed by atoms with E-state index in [1.54, 1.807) is 0 Å². The highest BCUT2D eigenvalue weighted by Crippen LogP contribution is 2.39. The first kappa shape index (κ1) is 9.32. The van der Waals surface area contributed by atoms with Gasteiger partial charge in [-0.15, -0.1) is 0 Å². The third-order valence-corrected chi connectivity index (χ3v) is 2.71. The monoisotopic (exact) mass is 188 g/mol. The molecular formula is C13H16O. The first-order valence-electron chi connectivity index (χ1n) is 5.27. The van der Waals surface area contributed by atoms with E-state index in [9.17, 15) is 0 Å². The third kappa shape index (κ3) is 1.54. The van der Waals surface area contributed by atoms with Crippen molar-refractivity contribution in [1.82, 2.24) is 0 Å². The summed E-state index contributed by atoms with van der Waals surface area (Å²) in [5.41, 5.74) is 2.50. The minimum atomic E-state index is 0.249. The smallest absolute Gasteiger partial charge is 0.124 e. The summed E-state index contributed by atoms with van der Waals surface area (Å²) < 4.78 is 5.74. The number of benzene rings is 1. The van der Waals surface area contributed by atoms with Gasteiger partial charge in [0.25, 0.3) is 0 Å². The van der Waals surface area contributed by atoms with Gasteiger partial charge < -0.3 is 4.74 Å². The van der Waals surface area contributed by atoms with Gasteiger partial charge in [-0.2, -0.15) is 0 Å². The molecule has 0 saturated heterocycles. The molecule has 1 heterocycles. The van der Waals surface area contributed by atoms with Crippen molar-refractivity contribution in [2.24, 2.45) is 0 Å². The van der Waals surface area contributed by atoms with Crippen molar-refractivity contribution in [2.45, 2.75) is 32.3 Å². The van der Waals surface area contributed by atoms with Gasteiger partial charge in [-0.25, -0.2) is 0 Å². The van der Waals surface area contributed by atoms with Gasteiger partial charge >= 0.3 is 0 Å². The van der Waals surface area contributed by atoms with E-state index in [0.29, 0.717) is 0 Å². The molecule has 0 aromatic heterocycles. The Labute approximate surface area is 85.4 Å². The largest absolute Gasteiger partial charge is 0.486 e. The molecule has 0 bridgehead atoms. The molecule has 1 nitrogen and oxygen atoms in total. The van der Waals surface area contributed by atoms with Crippen LogP contribution in [-0.4, -0.2) is 0 Å². The van der Waals surface area contributed by atoms with E-state index in [-0.39, 0.29) is 6.10 Å². The quantitative estimate of drug-likeness (QED) is 0.698. The number of hydrogen-bond acceptors (Lipinski definition) is 1. The normalized spacial score (nSPS) is 19.2. The first-order valence-corrected chi connectivity index (χ1v) is 5.27. The van der Waals surface area contributed by atoms with Crippen LogP contribution >= 0.6 is 0 Å². The van der Waals surface area contributed by atoms with Crippen molar-refractivity contribution >= 4 is 5.76 Å². The molecular weight excluding hydrogens is 172 g/mol. The number of fused-ring (bicyclic) bond motifs is 1. The second kappa shape index (κ2) is 3.87. The zero-order chi connectivity index (χ0) is 9.97. The Kier molecular flexibility index (Phi) is 2.58. The Bertz CT molecular complexity index is 341. The molecule has 0 saturated carbocycles. The predicted octanol–water partition coefficient (Wildman–Crippen LogP) is 3.92. The fourth-order valence-corrected chi connectivity index (χ4v) is 1.93. The van der Waals surface area contributed by atoms with Crippen LogP contribution in [0.1, 0.15) is 43.4 Å². The average Bonchev–Trinajstić information content (AvgIpc) is 2.54. The lowest BCUT2D eigenvalue weighted by atomic mass is 10.0. The van der Waals surface area contributed by atoms with E-state index in [2.05, 4.69) is 31.7 Å². The van der Waals surface area contributed by atoms with Crippen LogP contribution in [0, 0.1) is 0 Å². The Morgan fingerprint density at radius 2 is 2.14 bits per heavy atom. The fraction of sp³-hybridized carbons (Fsp3) is 0.385. The van der Waals surface area contributed by atoms with Crippen LogP contribution in [0.2, 0.25) is 0 Å². The summed E-state index contributed by atoms with van der Waals surface area (Å²) in [4.78, 5) is 0. The van der Waals surface area contributed by atoms with Crippen molar-refractivity contribution in [1.29, 1.82) is 0 Å². The lowest BCUT2D eigenvalue weighted by Gasteiger charge is -2.10. The molecule has 1 aromatic carbocycles. The van der Waals surface area contributed by atoms with E-state index in [1.807, 2.05) is 6.07 Å². The summed E-state index contributed by atoms with van der Waals surface area (Å²) in [6.07, 6.45) is 3.78. The SMILES string of the molecule is C=C1O[C@@H](CCCC)c2ccccc21. The van der Waals surface area contributed by atoms with Gasteiger partial charge in [-0.1, -0.05) is 44.2 Å². The zero-order valence-electron chi connectivity index (χ0n) is 8.62. The lowest BCUT2D eigenvalue weighted by molar-refractivity contribution is 0.175. The molecule has 1 heteroatoms. The number of rotatable bonds is 3. The minimum absolute atomic E-state index is 0.249. The maximum atomic E-state index is 5.74. The van der Waals surface area contributed by atoms with Crippen LogP contribution in [0.25, 0.3) is 5.76 Å². The molecule has 0 radical (unpaired) electrons. The second-order valence-corrected chi connectivity index (χ2v) is 3.76. The minimum Gasteiger partial charge on any atom is -0.486 e. The van der Waals surface area contributed by atoms with Gasteiger partial charge in [0.15, 0.2) is 0 Å². The van der Waals surface area contributed by atoms with Gasteiger partial charge in [0.2, 0.25) is 0 Å². The Morgan fingerprint density at radius 1 is 1.36 bits per heavy atom. The Hall–Kier alpha value is -1.24. The molecule has 1 atom stereocenters. The number of unbranched alkanes of at least 4 members (excludes halogenated alkanes) is 1. The van der Waals surface area contributed by atoms with Crippen molar-refractivity contribution in [3.05, 3.63) is 42.0 Å². The van der Waals surface area contributed by atoms with E-state index in [0.717, 1.165) is 12.2 Å². The average molecular weight is 188 g/mol. The molecule has 1 aliphatic rings. The first-order chi connectivity index (χ1) is 6.83. The van der Waals surface area contributed by atoms with E-state index in [4.69, 9.17) is 4.74 Å². The summed E-state index contributed by atoms with van der Waals surface area (Å²) in [5, 5.41) is 0. The maximum absolute atomic E-state index is 5.74. The van der Waals surface area contributed by atoms with Gasteiger partial charge in [0.1, 0.15) is 11.9 Å². The van der Waals surface area contributed by atoms with Gasteiger partial charge in [0.05, 0.1) is 0 Å². The zero-order valence-corrected chi connectivity index (χ0v) is 8.62. The van der Waals surface area contributed by atoms with E-state index >= 15 is 0 Å². The summed E-state index contributed by atoms with van der Waals surface area (Å²) in [5.74, 6) is 0.835. The molecule has 1 aliphatic heterocycles. The third-order valence-electron chi connectivity index (χ3n) is 2.71. The molecule has 14 heavy (non-hydrogen) atoms. The summed E-state index contributed by atoms with van der Waals surface area (Å²) >= 11 is 0. The molecule has 74 valence electrons. The highest BCUT2D eigenvalue weighted by atomic mass is 16.5. The molecule has 0 aliphatic carbocycles. The molecule has 2 rings (SSSR count). The Balaban J connectivity index is 2.21. The summed E-state index contributed by atoms with van der Waals surface area (Å²) in [7, 11) is 0. The molecule has 0 amide bonds. The van der Waals surface area contributed by atoms with Crippen molar-refractivity contribution in [3.8, 4) is 0 Å². The van der Waals surface area contributed by atoms with Crippen LogP contribution < -0.4 is 0 Å². The van der Waals surface area contributed by atoms with E-state index < -0.39 is 0 Å². The molecule has 0 unspecified atom stereocenters. The Morgan fingerprint density at radius 3 is 2.93 bits per heavy atom. The maximum Gasteiger partial charge on any atom is 0.124 e. The standard InChI is InChI=1S/C13H16O/c1-3-4-9-13-12-8-6-5-7-11(12)10(2)14-13/h5-8,13H,2-4,9H2,1H3/t13-/m0/s1. The van der Waals surface area contributed by atoms with Crippen LogP contribution in [-0.2, 0) is 4.74 Å². The molecule has 0 fully saturated rings. The highest BCUT2D eigenvalue weighted by molar-refractivity contribution is 5.65. The van der Waals surface area contributed by atoms with Crippen molar-refractivity contribution < 1.29 is 4.74 Å². The predicted molar refractivity (Wildman–Crippen MR) is 58.8 cm³/mol.